The molecular weight excluding hydrogens is 236 g/mol. The van der Waals surface area contributed by atoms with Crippen LogP contribution >= 0.6 is 0 Å². The SMILES string of the molecule is CCNc1ccnc2c(-c3cccc(C)c3)cnn12. The summed E-state index contributed by atoms with van der Waals surface area (Å²) in [6.45, 7) is 5.02. The van der Waals surface area contributed by atoms with Crippen LogP contribution in [0, 0.1) is 6.92 Å². The van der Waals surface area contributed by atoms with Crippen LogP contribution in [-0.2, 0) is 0 Å². The predicted octanol–water partition coefficient (Wildman–Crippen LogP) is 3.14. The standard InChI is InChI=1S/C15H16N4/c1-3-16-14-7-8-17-15-13(10-18-19(14)15)12-6-4-5-11(2)9-12/h4-10,16H,3H2,1-2H3. The molecule has 4 heteroatoms. The van der Waals surface area contributed by atoms with Gasteiger partial charge in [-0.05, 0) is 25.5 Å². The molecule has 0 unspecified atom stereocenters. The molecule has 0 amide bonds. The summed E-state index contributed by atoms with van der Waals surface area (Å²) in [6, 6.07) is 10.3. The van der Waals surface area contributed by atoms with E-state index in [1.807, 2.05) is 23.0 Å². The van der Waals surface area contributed by atoms with Gasteiger partial charge in [-0.1, -0.05) is 29.8 Å². The monoisotopic (exact) mass is 252 g/mol. The van der Waals surface area contributed by atoms with Gasteiger partial charge in [0.1, 0.15) is 5.82 Å². The Labute approximate surface area is 112 Å². The Hall–Kier alpha value is -2.36. The average molecular weight is 252 g/mol. The molecule has 4 nitrogen and oxygen atoms in total. The van der Waals surface area contributed by atoms with E-state index in [4.69, 9.17) is 0 Å². The normalized spacial score (nSPS) is 10.8. The number of benzene rings is 1. The van der Waals surface area contributed by atoms with Crippen LogP contribution in [-0.4, -0.2) is 21.1 Å². The maximum atomic E-state index is 4.45. The van der Waals surface area contributed by atoms with E-state index >= 15 is 0 Å². The van der Waals surface area contributed by atoms with Gasteiger partial charge in [0.05, 0.1) is 6.20 Å². The Balaban J connectivity index is 2.18. The molecule has 1 aromatic carbocycles. The van der Waals surface area contributed by atoms with Crippen LogP contribution < -0.4 is 5.32 Å². The summed E-state index contributed by atoms with van der Waals surface area (Å²) in [7, 11) is 0. The minimum atomic E-state index is 0.860. The number of rotatable bonds is 3. The molecule has 2 aromatic heterocycles. The molecule has 3 rings (SSSR count). The first-order valence-corrected chi connectivity index (χ1v) is 6.43. The van der Waals surface area contributed by atoms with Gasteiger partial charge in [0, 0.05) is 18.3 Å². The fourth-order valence-electron chi connectivity index (χ4n) is 2.22. The van der Waals surface area contributed by atoms with Gasteiger partial charge in [-0.2, -0.15) is 9.61 Å². The molecule has 3 aromatic rings. The highest BCUT2D eigenvalue weighted by molar-refractivity contribution is 5.78. The lowest BCUT2D eigenvalue weighted by molar-refractivity contribution is 0.932. The summed E-state index contributed by atoms with van der Waals surface area (Å²) >= 11 is 0. The minimum absolute atomic E-state index is 0.860. The van der Waals surface area contributed by atoms with Crippen molar-refractivity contribution in [1.82, 2.24) is 14.6 Å². The maximum Gasteiger partial charge on any atom is 0.165 e. The van der Waals surface area contributed by atoms with Crippen LogP contribution in [0.15, 0.2) is 42.7 Å². The average Bonchev–Trinajstić information content (AvgIpc) is 2.84. The van der Waals surface area contributed by atoms with Gasteiger partial charge in [0.2, 0.25) is 0 Å². The Morgan fingerprint density at radius 2 is 2.16 bits per heavy atom. The van der Waals surface area contributed by atoms with Crippen molar-refractivity contribution in [2.45, 2.75) is 13.8 Å². The molecule has 0 radical (unpaired) electrons. The van der Waals surface area contributed by atoms with Gasteiger partial charge in [-0.15, -0.1) is 0 Å². The van der Waals surface area contributed by atoms with Crippen molar-refractivity contribution in [2.24, 2.45) is 0 Å². The summed E-state index contributed by atoms with van der Waals surface area (Å²) < 4.78 is 1.85. The first-order chi connectivity index (χ1) is 9.29. The van der Waals surface area contributed by atoms with E-state index in [0.717, 1.165) is 29.1 Å². The van der Waals surface area contributed by atoms with Crippen molar-refractivity contribution in [3.05, 3.63) is 48.3 Å². The molecule has 0 fully saturated rings. The summed E-state index contributed by atoms with van der Waals surface area (Å²) in [5.41, 5.74) is 4.32. The number of hydrogen-bond acceptors (Lipinski definition) is 3. The first-order valence-electron chi connectivity index (χ1n) is 6.43. The summed E-state index contributed by atoms with van der Waals surface area (Å²) in [4.78, 5) is 4.45. The van der Waals surface area contributed by atoms with Crippen molar-refractivity contribution < 1.29 is 0 Å². The van der Waals surface area contributed by atoms with Crippen LogP contribution in [0.25, 0.3) is 16.8 Å². The molecule has 0 atom stereocenters. The summed E-state index contributed by atoms with van der Waals surface area (Å²) in [5, 5.41) is 7.72. The van der Waals surface area contributed by atoms with Crippen molar-refractivity contribution in [2.75, 3.05) is 11.9 Å². The quantitative estimate of drug-likeness (QED) is 0.778. The fraction of sp³-hybridized carbons (Fsp3) is 0.200. The number of nitrogens with one attached hydrogen (secondary N) is 1. The second-order valence-electron chi connectivity index (χ2n) is 4.52. The number of hydrogen-bond donors (Lipinski definition) is 1. The highest BCUT2D eigenvalue weighted by atomic mass is 15.3. The number of nitrogens with zero attached hydrogens (tertiary/aromatic N) is 3. The van der Waals surface area contributed by atoms with Crippen molar-refractivity contribution in [1.29, 1.82) is 0 Å². The van der Waals surface area contributed by atoms with E-state index in [-0.39, 0.29) is 0 Å². The molecule has 0 aliphatic heterocycles. The minimum Gasteiger partial charge on any atom is -0.370 e. The van der Waals surface area contributed by atoms with Crippen LogP contribution in [0.4, 0.5) is 5.82 Å². The lowest BCUT2D eigenvalue weighted by Crippen LogP contribution is -2.04. The van der Waals surface area contributed by atoms with Crippen LogP contribution in [0.2, 0.25) is 0 Å². The second kappa shape index (κ2) is 4.72. The van der Waals surface area contributed by atoms with Gasteiger partial charge >= 0.3 is 0 Å². The molecule has 0 spiro atoms. The molecule has 0 aliphatic rings. The molecule has 2 heterocycles. The zero-order valence-corrected chi connectivity index (χ0v) is 11.1. The highest BCUT2D eigenvalue weighted by Gasteiger charge is 2.09. The van der Waals surface area contributed by atoms with E-state index < -0.39 is 0 Å². The summed E-state index contributed by atoms with van der Waals surface area (Å²) in [5.74, 6) is 0.964. The Morgan fingerprint density at radius 1 is 1.26 bits per heavy atom. The molecule has 0 aliphatic carbocycles. The molecule has 96 valence electrons. The van der Waals surface area contributed by atoms with Crippen molar-refractivity contribution in [3.63, 3.8) is 0 Å². The zero-order chi connectivity index (χ0) is 13.2. The molecule has 19 heavy (non-hydrogen) atoms. The lowest BCUT2D eigenvalue weighted by atomic mass is 10.1. The Kier molecular flexibility index (Phi) is 2.91. The molecule has 1 N–H and O–H groups in total. The van der Waals surface area contributed by atoms with Gasteiger partial charge in [-0.25, -0.2) is 4.98 Å². The maximum absolute atomic E-state index is 4.45. The van der Waals surface area contributed by atoms with Gasteiger partial charge in [-0.3, -0.25) is 0 Å². The van der Waals surface area contributed by atoms with Gasteiger partial charge in [0.25, 0.3) is 0 Å². The van der Waals surface area contributed by atoms with Crippen LogP contribution in [0.5, 0.6) is 0 Å². The highest BCUT2D eigenvalue weighted by Crippen LogP contribution is 2.25. The molecule has 0 saturated heterocycles. The van der Waals surface area contributed by atoms with E-state index in [0.29, 0.717) is 0 Å². The van der Waals surface area contributed by atoms with Gasteiger partial charge in [0.15, 0.2) is 5.65 Å². The largest absolute Gasteiger partial charge is 0.370 e. The fourth-order valence-corrected chi connectivity index (χ4v) is 2.22. The predicted molar refractivity (Wildman–Crippen MR) is 77.3 cm³/mol. The van der Waals surface area contributed by atoms with Gasteiger partial charge < -0.3 is 5.32 Å². The number of aromatic nitrogens is 3. The van der Waals surface area contributed by atoms with Crippen molar-refractivity contribution in [3.8, 4) is 11.1 Å². The van der Waals surface area contributed by atoms with Crippen LogP contribution in [0.3, 0.4) is 0 Å². The number of aryl methyl sites for hydroxylation is 1. The second-order valence-corrected chi connectivity index (χ2v) is 4.52. The first kappa shape index (κ1) is 11.7. The zero-order valence-electron chi connectivity index (χ0n) is 11.1. The van der Waals surface area contributed by atoms with Crippen LogP contribution in [0.1, 0.15) is 12.5 Å². The van der Waals surface area contributed by atoms with E-state index in [1.165, 1.54) is 5.56 Å². The number of anilines is 1. The summed E-state index contributed by atoms with van der Waals surface area (Å²) in [6.07, 6.45) is 3.69. The third-order valence-electron chi connectivity index (χ3n) is 3.09. The molecular formula is C15H16N4. The topological polar surface area (TPSA) is 42.2 Å². The smallest absolute Gasteiger partial charge is 0.165 e. The molecule has 0 bridgehead atoms. The molecule has 0 saturated carbocycles. The van der Waals surface area contributed by atoms with E-state index in [9.17, 15) is 0 Å². The Bertz CT molecular complexity index is 715. The van der Waals surface area contributed by atoms with E-state index in [2.05, 4.69) is 53.5 Å². The third kappa shape index (κ3) is 2.05. The van der Waals surface area contributed by atoms with Crippen molar-refractivity contribution >= 4 is 11.5 Å². The lowest BCUT2D eigenvalue weighted by Gasteiger charge is -2.05. The number of fused-ring (bicyclic) bond motifs is 1. The Morgan fingerprint density at radius 3 is 2.95 bits per heavy atom. The third-order valence-corrected chi connectivity index (χ3v) is 3.09. The van der Waals surface area contributed by atoms with E-state index in [1.54, 1.807) is 0 Å².